The molecule has 1 atom stereocenters. The second-order valence-corrected chi connectivity index (χ2v) is 4.93. The quantitative estimate of drug-likeness (QED) is 0.934. The van der Waals surface area contributed by atoms with Crippen LogP contribution in [0.1, 0.15) is 40.3 Å². The minimum atomic E-state index is -4.52. The number of hydrogen-bond donors (Lipinski definition) is 1. The van der Waals surface area contributed by atoms with Gasteiger partial charge in [0.05, 0.1) is 17.3 Å². The van der Waals surface area contributed by atoms with Crippen molar-refractivity contribution >= 4 is 5.91 Å². The van der Waals surface area contributed by atoms with E-state index in [1.54, 1.807) is 6.92 Å². The summed E-state index contributed by atoms with van der Waals surface area (Å²) in [6, 6.07) is 11.0. The summed E-state index contributed by atoms with van der Waals surface area (Å²) < 4.78 is 37.7. The van der Waals surface area contributed by atoms with Crippen LogP contribution in [0.3, 0.4) is 0 Å². The van der Waals surface area contributed by atoms with Crippen molar-refractivity contribution in [1.82, 2.24) is 10.3 Å². The highest BCUT2D eigenvalue weighted by Gasteiger charge is 2.33. The molecule has 0 saturated carbocycles. The Morgan fingerprint density at radius 3 is 2.32 bits per heavy atom. The lowest BCUT2D eigenvalue weighted by molar-refractivity contribution is -0.141. The summed E-state index contributed by atoms with van der Waals surface area (Å²) >= 11 is 0. The standard InChI is InChI=1S/C16H15F3N2O/c1-10(12-6-4-3-5-7-12)21-15(22)13-8-9-14(16(17,18)19)20-11(13)2/h3-10H,1-2H3,(H,21,22). The minimum absolute atomic E-state index is 0.0487. The van der Waals surface area contributed by atoms with Gasteiger partial charge in [-0.25, -0.2) is 4.98 Å². The molecule has 0 radical (unpaired) electrons. The summed E-state index contributed by atoms with van der Waals surface area (Å²) in [7, 11) is 0. The van der Waals surface area contributed by atoms with E-state index in [0.717, 1.165) is 17.7 Å². The molecular weight excluding hydrogens is 293 g/mol. The summed E-state index contributed by atoms with van der Waals surface area (Å²) in [5, 5.41) is 2.75. The van der Waals surface area contributed by atoms with Crippen molar-refractivity contribution < 1.29 is 18.0 Å². The summed E-state index contributed by atoms with van der Waals surface area (Å²) in [6.45, 7) is 3.19. The third-order valence-corrected chi connectivity index (χ3v) is 3.27. The number of amides is 1. The lowest BCUT2D eigenvalue weighted by Crippen LogP contribution is -2.27. The van der Waals surface area contributed by atoms with Crippen LogP contribution in [0.2, 0.25) is 0 Å². The monoisotopic (exact) mass is 308 g/mol. The van der Waals surface area contributed by atoms with Crippen LogP contribution in [0.5, 0.6) is 0 Å². The smallest absolute Gasteiger partial charge is 0.345 e. The van der Waals surface area contributed by atoms with E-state index in [1.807, 2.05) is 30.3 Å². The predicted octanol–water partition coefficient (Wildman–Crippen LogP) is 3.90. The molecule has 22 heavy (non-hydrogen) atoms. The van der Waals surface area contributed by atoms with Crippen molar-refractivity contribution in [2.24, 2.45) is 0 Å². The molecular formula is C16H15F3N2O. The van der Waals surface area contributed by atoms with Gasteiger partial charge in [-0.15, -0.1) is 0 Å². The number of aryl methyl sites for hydroxylation is 1. The third kappa shape index (κ3) is 3.63. The maximum atomic E-state index is 12.6. The van der Waals surface area contributed by atoms with Crippen LogP contribution in [-0.2, 0) is 6.18 Å². The van der Waals surface area contributed by atoms with Gasteiger partial charge in [0.1, 0.15) is 5.69 Å². The molecule has 1 N–H and O–H groups in total. The molecule has 1 heterocycles. The number of carbonyl (C=O) groups excluding carboxylic acids is 1. The van der Waals surface area contributed by atoms with Crippen LogP contribution in [0, 0.1) is 6.92 Å². The highest BCUT2D eigenvalue weighted by atomic mass is 19.4. The van der Waals surface area contributed by atoms with Gasteiger partial charge in [-0.3, -0.25) is 4.79 Å². The fourth-order valence-electron chi connectivity index (χ4n) is 2.06. The molecule has 0 aliphatic carbocycles. The van der Waals surface area contributed by atoms with Crippen LogP contribution >= 0.6 is 0 Å². The Balaban J connectivity index is 2.17. The molecule has 0 bridgehead atoms. The summed E-state index contributed by atoms with van der Waals surface area (Å²) in [5.74, 6) is -0.449. The first-order chi connectivity index (χ1) is 10.3. The normalized spacial score (nSPS) is 12.8. The SMILES string of the molecule is Cc1nc(C(F)(F)F)ccc1C(=O)NC(C)c1ccccc1. The van der Waals surface area contributed by atoms with Crippen molar-refractivity contribution in [1.29, 1.82) is 0 Å². The molecule has 2 rings (SSSR count). The first-order valence-electron chi connectivity index (χ1n) is 6.69. The number of carbonyl (C=O) groups is 1. The Morgan fingerprint density at radius 1 is 1.14 bits per heavy atom. The van der Waals surface area contributed by atoms with E-state index in [0.29, 0.717) is 0 Å². The lowest BCUT2D eigenvalue weighted by atomic mass is 10.1. The molecule has 0 aliphatic rings. The summed E-state index contributed by atoms with van der Waals surface area (Å²) in [6.07, 6.45) is -4.52. The average molecular weight is 308 g/mol. The van der Waals surface area contributed by atoms with Crippen molar-refractivity contribution in [3.8, 4) is 0 Å². The van der Waals surface area contributed by atoms with Gasteiger partial charge in [0, 0.05) is 0 Å². The van der Waals surface area contributed by atoms with Crippen LogP contribution in [0.25, 0.3) is 0 Å². The number of benzene rings is 1. The third-order valence-electron chi connectivity index (χ3n) is 3.27. The Morgan fingerprint density at radius 2 is 1.77 bits per heavy atom. The van der Waals surface area contributed by atoms with E-state index in [9.17, 15) is 18.0 Å². The first-order valence-corrected chi connectivity index (χ1v) is 6.69. The molecule has 1 aromatic heterocycles. The van der Waals surface area contributed by atoms with Crippen LogP contribution in [-0.4, -0.2) is 10.9 Å². The van der Waals surface area contributed by atoms with E-state index >= 15 is 0 Å². The molecule has 1 unspecified atom stereocenters. The highest BCUT2D eigenvalue weighted by Crippen LogP contribution is 2.28. The number of pyridine rings is 1. The maximum absolute atomic E-state index is 12.6. The van der Waals surface area contributed by atoms with Crippen molar-refractivity contribution in [3.63, 3.8) is 0 Å². The van der Waals surface area contributed by atoms with Gasteiger partial charge < -0.3 is 5.32 Å². The highest BCUT2D eigenvalue weighted by molar-refractivity contribution is 5.95. The van der Waals surface area contributed by atoms with E-state index in [4.69, 9.17) is 0 Å². The zero-order chi connectivity index (χ0) is 16.3. The van der Waals surface area contributed by atoms with E-state index in [-0.39, 0.29) is 17.3 Å². The van der Waals surface area contributed by atoms with Gasteiger partial charge in [0.25, 0.3) is 5.91 Å². The number of hydrogen-bond acceptors (Lipinski definition) is 2. The van der Waals surface area contributed by atoms with Gasteiger partial charge in [0.2, 0.25) is 0 Å². The fourth-order valence-corrected chi connectivity index (χ4v) is 2.06. The van der Waals surface area contributed by atoms with Crippen molar-refractivity contribution in [2.45, 2.75) is 26.1 Å². The van der Waals surface area contributed by atoms with Crippen LogP contribution in [0.4, 0.5) is 13.2 Å². The topological polar surface area (TPSA) is 42.0 Å². The molecule has 3 nitrogen and oxygen atoms in total. The van der Waals surface area contributed by atoms with Gasteiger partial charge in [0.15, 0.2) is 0 Å². The lowest BCUT2D eigenvalue weighted by Gasteiger charge is -2.15. The van der Waals surface area contributed by atoms with Crippen molar-refractivity contribution in [3.05, 3.63) is 65.0 Å². The number of halogens is 3. The molecule has 0 spiro atoms. The summed E-state index contributed by atoms with van der Waals surface area (Å²) in [5.41, 5.74) is 0.0920. The Bertz CT molecular complexity index is 669. The van der Waals surface area contributed by atoms with Gasteiger partial charge in [-0.05, 0) is 31.5 Å². The van der Waals surface area contributed by atoms with E-state index < -0.39 is 17.8 Å². The van der Waals surface area contributed by atoms with Crippen LogP contribution < -0.4 is 5.32 Å². The number of nitrogens with one attached hydrogen (secondary N) is 1. The molecule has 2 aromatic rings. The van der Waals surface area contributed by atoms with Crippen molar-refractivity contribution in [2.75, 3.05) is 0 Å². The fraction of sp³-hybridized carbons (Fsp3) is 0.250. The molecule has 0 saturated heterocycles. The van der Waals surface area contributed by atoms with Gasteiger partial charge >= 0.3 is 6.18 Å². The van der Waals surface area contributed by atoms with Crippen LogP contribution in [0.15, 0.2) is 42.5 Å². The molecule has 1 aromatic carbocycles. The number of alkyl halides is 3. The maximum Gasteiger partial charge on any atom is 0.433 e. The second kappa shape index (κ2) is 6.17. The first kappa shape index (κ1) is 16.0. The van der Waals surface area contributed by atoms with Gasteiger partial charge in [-0.1, -0.05) is 30.3 Å². The molecule has 0 fully saturated rings. The molecule has 116 valence electrons. The zero-order valence-electron chi connectivity index (χ0n) is 12.1. The van der Waals surface area contributed by atoms with Gasteiger partial charge in [-0.2, -0.15) is 13.2 Å². The number of rotatable bonds is 3. The second-order valence-electron chi connectivity index (χ2n) is 4.93. The molecule has 0 aliphatic heterocycles. The average Bonchev–Trinajstić information content (AvgIpc) is 2.46. The van der Waals surface area contributed by atoms with E-state index in [1.165, 1.54) is 6.92 Å². The number of aromatic nitrogens is 1. The zero-order valence-corrected chi connectivity index (χ0v) is 12.1. The Kier molecular flexibility index (Phi) is 4.49. The molecule has 6 heteroatoms. The predicted molar refractivity (Wildman–Crippen MR) is 76.3 cm³/mol. The minimum Gasteiger partial charge on any atom is -0.345 e. The largest absolute Gasteiger partial charge is 0.433 e. The summed E-state index contributed by atoms with van der Waals surface area (Å²) in [4.78, 5) is 15.6. The number of nitrogens with zero attached hydrogens (tertiary/aromatic N) is 1. The Labute approximate surface area is 126 Å². The van der Waals surface area contributed by atoms with E-state index in [2.05, 4.69) is 10.3 Å². The Hall–Kier alpha value is -2.37. The molecule has 1 amide bonds.